The van der Waals surface area contributed by atoms with E-state index in [4.69, 9.17) is 11.6 Å². The molecule has 2 aliphatic rings. The molecule has 5 nitrogen and oxygen atoms in total. The third-order valence-corrected chi connectivity index (χ3v) is 6.45. The number of nitrogens with zero attached hydrogens (tertiary/aromatic N) is 3. The zero-order chi connectivity index (χ0) is 22.5. The molecule has 2 aliphatic heterocycles. The molecule has 0 radical (unpaired) electrons. The highest BCUT2D eigenvalue weighted by Gasteiger charge is 2.41. The first kappa shape index (κ1) is 22.6. The molecule has 2 aromatic carbocycles. The van der Waals surface area contributed by atoms with Crippen LogP contribution in [0.1, 0.15) is 37.3 Å². The van der Waals surface area contributed by atoms with E-state index in [9.17, 15) is 9.59 Å². The number of rotatable bonds is 8. The molecule has 0 aliphatic carbocycles. The predicted octanol–water partition coefficient (Wildman–Crippen LogP) is 4.43. The highest BCUT2D eigenvalue weighted by Crippen LogP contribution is 2.33. The summed E-state index contributed by atoms with van der Waals surface area (Å²) >= 11 is 6.07. The molecule has 0 aromatic heterocycles. The summed E-state index contributed by atoms with van der Waals surface area (Å²) in [5.41, 5.74) is 3.11. The van der Waals surface area contributed by atoms with E-state index >= 15 is 0 Å². The van der Waals surface area contributed by atoms with Crippen LogP contribution in [0.25, 0.3) is 5.57 Å². The highest BCUT2D eigenvalue weighted by molar-refractivity contribution is 6.36. The zero-order valence-corrected chi connectivity index (χ0v) is 19.4. The molecular weight excluding hydrogens is 422 g/mol. The summed E-state index contributed by atoms with van der Waals surface area (Å²) in [6.07, 6.45) is 2.88. The smallest absolute Gasteiger partial charge is 0.277 e. The normalized spacial score (nSPS) is 17.6. The summed E-state index contributed by atoms with van der Waals surface area (Å²) in [5, 5.41) is 0.613. The van der Waals surface area contributed by atoms with Crippen LogP contribution in [0.2, 0.25) is 5.02 Å². The van der Waals surface area contributed by atoms with Gasteiger partial charge in [-0.3, -0.25) is 19.4 Å². The van der Waals surface area contributed by atoms with Crippen molar-refractivity contribution in [1.29, 1.82) is 0 Å². The van der Waals surface area contributed by atoms with Crippen molar-refractivity contribution in [3.05, 3.63) is 76.4 Å². The summed E-state index contributed by atoms with van der Waals surface area (Å²) in [6, 6.07) is 17.7. The van der Waals surface area contributed by atoms with Crippen molar-refractivity contribution < 1.29 is 9.59 Å². The molecule has 1 saturated heterocycles. The third-order valence-electron chi connectivity index (χ3n) is 6.20. The van der Waals surface area contributed by atoms with E-state index in [-0.39, 0.29) is 11.8 Å². The predicted molar refractivity (Wildman–Crippen MR) is 128 cm³/mol. The van der Waals surface area contributed by atoms with E-state index in [1.807, 2.05) is 18.2 Å². The van der Waals surface area contributed by atoms with Crippen LogP contribution >= 0.6 is 11.6 Å². The van der Waals surface area contributed by atoms with E-state index in [1.165, 1.54) is 10.5 Å². The fourth-order valence-electron chi connectivity index (χ4n) is 4.43. The minimum atomic E-state index is -0.185. The number of benzene rings is 2. The lowest BCUT2D eigenvalue weighted by Gasteiger charge is -2.36. The standard InChI is InChI=1S/C26H30ClN3O2/c1-2-3-7-14-30-25(31)23(21-10-12-22(27)13-11-21)24(26(30)32)29-17-15-28(16-18-29)19-20-8-5-4-6-9-20/h4-6,8-13H,2-3,7,14-19H2,1H3. The monoisotopic (exact) mass is 451 g/mol. The molecule has 168 valence electrons. The molecule has 32 heavy (non-hydrogen) atoms. The van der Waals surface area contributed by atoms with Gasteiger partial charge in [0.15, 0.2) is 0 Å². The van der Waals surface area contributed by atoms with E-state index in [0.29, 0.717) is 22.8 Å². The first-order chi connectivity index (χ1) is 15.6. The fourth-order valence-corrected chi connectivity index (χ4v) is 4.55. The Morgan fingerprint density at radius 1 is 0.844 bits per heavy atom. The molecule has 0 unspecified atom stereocenters. The van der Waals surface area contributed by atoms with Crippen LogP contribution < -0.4 is 0 Å². The minimum absolute atomic E-state index is 0.160. The Balaban J connectivity index is 1.54. The van der Waals surface area contributed by atoms with Gasteiger partial charge < -0.3 is 4.90 Å². The van der Waals surface area contributed by atoms with Crippen LogP contribution in [0, 0.1) is 0 Å². The van der Waals surface area contributed by atoms with Crippen molar-refractivity contribution in [3.8, 4) is 0 Å². The molecule has 0 atom stereocenters. The summed E-state index contributed by atoms with van der Waals surface area (Å²) in [4.78, 5) is 32.7. The molecule has 0 spiro atoms. The van der Waals surface area contributed by atoms with Gasteiger partial charge in [0.2, 0.25) is 0 Å². The topological polar surface area (TPSA) is 43.9 Å². The average Bonchev–Trinajstić information content (AvgIpc) is 3.06. The average molecular weight is 452 g/mol. The van der Waals surface area contributed by atoms with Gasteiger partial charge in [-0.1, -0.05) is 73.8 Å². The maximum atomic E-state index is 13.4. The highest BCUT2D eigenvalue weighted by atomic mass is 35.5. The van der Waals surface area contributed by atoms with Gasteiger partial charge in [-0.25, -0.2) is 0 Å². The Labute approximate surface area is 195 Å². The maximum Gasteiger partial charge on any atom is 0.277 e. The Hall–Kier alpha value is -2.63. The van der Waals surface area contributed by atoms with E-state index in [1.54, 1.807) is 12.1 Å². The van der Waals surface area contributed by atoms with E-state index in [2.05, 4.69) is 41.0 Å². The second-order valence-electron chi connectivity index (χ2n) is 8.45. The van der Waals surface area contributed by atoms with Gasteiger partial charge in [-0.2, -0.15) is 0 Å². The number of amides is 2. The van der Waals surface area contributed by atoms with Crippen LogP contribution in [-0.2, 0) is 16.1 Å². The number of piperazine rings is 1. The van der Waals surface area contributed by atoms with Crippen LogP contribution in [0.3, 0.4) is 0 Å². The molecule has 0 N–H and O–H groups in total. The second kappa shape index (κ2) is 10.3. The van der Waals surface area contributed by atoms with Gasteiger partial charge in [0.1, 0.15) is 5.70 Å². The quantitative estimate of drug-likeness (QED) is 0.440. The van der Waals surface area contributed by atoms with Gasteiger partial charge in [0.05, 0.1) is 5.57 Å². The SMILES string of the molecule is CCCCCN1C(=O)C(c2ccc(Cl)cc2)=C(N2CCN(Cc3ccccc3)CC2)C1=O. The fraction of sp³-hybridized carbons (Fsp3) is 0.385. The first-order valence-corrected chi connectivity index (χ1v) is 11.8. The molecule has 2 heterocycles. The van der Waals surface area contributed by atoms with Gasteiger partial charge in [0.25, 0.3) is 11.8 Å². The van der Waals surface area contributed by atoms with Crippen molar-refractivity contribution in [2.75, 3.05) is 32.7 Å². The van der Waals surface area contributed by atoms with Crippen LogP contribution in [0.5, 0.6) is 0 Å². The molecule has 1 fully saturated rings. The molecule has 2 aromatic rings. The Bertz CT molecular complexity index is 980. The van der Waals surface area contributed by atoms with Crippen molar-refractivity contribution in [2.24, 2.45) is 0 Å². The van der Waals surface area contributed by atoms with Crippen LogP contribution in [0.4, 0.5) is 0 Å². The number of carbonyl (C=O) groups excluding carboxylic acids is 2. The van der Waals surface area contributed by atoms with Crippen molar-refractivity contribution in [2.45, 2.75) is 32.7 Å². The number of halogens is 1. The van der Waals surface area contributed by atoms with E-state index in [0.717, 1.165) is 57.5 Å². The largest absolute Gasteiger partial charge is 0.364 e. The lowest BCUT2D eigenvalue weighted by atomic mass is 10.0. The molecule has 6 heteroatoms. The molecule has 4 rings (SSSR count). The lowest BCUT2D eigenvalue weighted by molar-refractivity contribution is -0.137. The summed E-state index contributed by atoms with van der Waals surface area (Å²) in [5.74, 6) is -0.345. The molecular formula is C26H30ClN3O2. The number of imide groups is 1. The van der Waals surface area contributed by atoms with Crippen LogP contribution in [-0.4, -0.2) is 59.2 Å². The number of hydrogen-bond acceptors (Lipinski definition) is 4. The minimum Gasteiger partial charge on any atom is -0.364 e. The lowest BCUT2D eigenvalue weighted by Crippen LogP contribution is -2.47. The van der Waals surface area contributed by atoms with Crippen molar-refractivity contribution in [1.82, 2.24) is 14.7 Å². The molecule has 0 saturated carbocycles. The molecule has 2 amide bonds. The number of unbranched alkanes of at least 4 members (excludes halogenated alkanes) is 2. The Morgan fingerprint density at radius 2 is 1.53 bits per heavy atom. The number of hydrogen-bond donors (Lipinski definition) is 0. The second-order valence-corrected chi connectivity index (χ2v) is 8.88. The zero-order valence-electron chi connectivity index (χ0n) is 18.6. The summed E-state index contributed by atoms with van der Waals surface area (Å²) in [6.45, 7) is 6.63. The van der Waals surface area contributed by atoms with E-state index < -0.39 is 0 Å². The van der Waals surface area contributed by atoms with Crippen LogP contribution in [0.15, 0.2) is 60.3 Å². The van der Waals surface area contributed by atoms with Crippen molar-refractivity contribution >= 4 is 29.0 Å². The maximum absolute atomic E-state index is 13.4. The third kappa shape index (κ3) is 4.89. The van der Waals surface area contributed by atoms with Gasteiger partial charge in [-0.15, -0.1) is 0 Å². The van der Waals surface area contributed by atoms with Crippen molar-refractivity contribution in [3.63, 3.8) is 0 Å². The summed E-state index contributed by atoms with van der Waals surface area (Å²) < 4.78 is 0. The van der Waals surface area contributed by atoms with Gasteiger partial charge >= 0.3 is 0 Å². The van der Waals surface area contributed by atoms with Gasteiger partial charge in [-0.05, 0) is 29.7 Å². The molecule has 0 bridgehead atoms. The summed E-state index contributed by atoms with van der Waals surface area (Å²) in [7, 11) is 0. The first-order valence-electron chi connectivity index (χ1n) is 11.5. The Kier molecular flexibility index (Phi) is 7.28. The Morgan fingerprint density at radius 3 is 2.19 bits per heavy atom. The number of carbonyl (C=O) groups is 2. The van der Waals surface area contributed by atoms with Gasteiger partial charge in [0, 0.05) is 44.3 Å².